The molecule has 0 bridgehead atoms. The molecule has 1 aromatic rings. The van der Waals surface area contributed by atoms with Gasteiger partial charge >= 0.3 is 0 Å². The average Bonchev–Trinajstić information content (AvgIpc) is 2.33. The van der Waals surface area contributed by atoms with E-state index in [4.69, 9.17) is 9.47 Å². The Labute approximate surface area is 101 Å². The molecule has 0 heterocycles. The largest absolute Gasteiger partial charge is 0.379 e. The van der Waals surface area contributed by atoms with E-state index in [1.807, 2.05) is 6.92 Å². The van der Waals surface area contributed by atoms with Crippen molar-refractivity contribution in [2.24, 2.45) is 0 Å². The molecular formula is C13H17FO3. The molecule has 0 saturated carbocycles. The summed E-state index contributed by atoms with van der Waals surface area (Å²) < 4.78 is 23.2. The molecule has 0 N–H and O–H groups in total. The summed E-state index contributed by atoms with van der Waals surface area (Å²) in [5.74, 6) is -0.637. The Morgan fingerprint density at radius 3 is 2.71 bits per heavy atom. The molecule has 4 heteroatoms. The van der Waals surface area contributed by atoms with Crippen molar-refractivity contribution in [1.29, 1.82) is 0 Å². The highest BCUT2D eigenvalue weighted by molar-refractivity contribution is 5.97. The van der Waals surface area contributed by atoms with Crippen LogP contribution in [0.1, 0.15) is 23.7 Å². The average molecular weight is 240 g/mol. The molecule has 0 amide bonds. The molecule has 94 valence electrons. The molecule has 1 aromatic carbocycles. The molecular weight excluding hydrogens is 223 g/mol. The summed E-state index contributed by atoms with van der Waals surface area (Å²) in [4.78, 5) is 11.6. The van der Waals surface area contributed by atoms with Gasteiger partial charge in [0.2, 0.25) is 0 Å². The minimum Gasteiger partial charge on any atom is -0.379 e. The van der Waals surface area contributed by atoms with Crippen molar-refractivity contribution in [2.75, 3.05) is 26.4 Å². The molecule has 0 spiro atoms. The van der Waals surface area contributed by atoms with Crippen LogP contribution < -0.4 is 0 Å². The number of ketones is 1. The van der Waals surface area contributed by atoms with Crippen LogP contribution >= 0.6 is 0 Å². The molecule has 0 unspecified atom stereocenters. The summed E-state index contributed by atoms with van der Waals surface area (Å²) in [5, 5.41) is 0. The Morgan fingerprint density at radius 1 is 1.24 bits per heavy atom. The zero-order valence-corrected chi connectivity index (χ0v) is 9.95. The van der Waals surface area contributed by atoms with Gasteiger partial charge in [0.05, 0.1) is 13.2 Å². The number of hydrogen-bond donors (Lipinski definition) is 0. The van der Waals surface area contributed by atoms with Gasteiger partial charge in [0.15, 0.2) is 5.78 Å². The molecule has 3 nitrogen and oxygen atoms in total. The highest BCUT2D eigenvalue weighted by Crippen LogP contribution is 2.04. The van der Waals surface area contributed by atoms with Crippen LogP contribution in [0.3, 0.4) is 0 Å². The van der Waals surface area contributed by atoms with Gasteiger partial charge in [0, 0.05) is 12.2 Å². The summed E-state index contributed by atoms with van der Waals surface area (Å²) >= 11 is 0. The summed E-state index contributed by atoms with van der Waals surface area (Å²) in [6.45, 7) is 3.53. The fraction of sp³-hybridized carbons (Fsp3) is 0.462. The van der Waals surface area contributed by atoms with Gasteiger partial charge in [-0.1, -0.05) is 19.1 Å². The van der Waals surface area contributed by atoms with Crippen molar-refractivity contribution in [2.45, 2.75) is 13.3 Å². The lowest BCUT2D eigenvalue weighted by atomic mass is 10.1. The van der Waals surface area contributed by atoms with Crippen LogP contribution in [0, 0.1) is 5.82 Å². The van der Waals surface area contributed by atoms with E-state index in [0.717, 1.165) is 6.42 Å². The van der Waals surface area contributed by atoms with Crippen molar-refractivity contribution >= 4 is 5.78 Å². The first-order valence-corrected chi connectivity index (χ1v) is 5.68. The number of carbonyl (C=O) groups is 1. The van der Waals surface area contributed by atoms with Crippen molar-refractivity contribution in [3.8, 4) is 0 Å². The molecule has 0 aromatic heterocycles. The molecule has 0 saturated heterocycles. The van der Waals surface area contributed by atoms with Gasteiger partial charge in [-0.25, -0.2) is 4.39 Å². The minimum absolute atomic E-state index is 0.0427. The van der Waals surface area contributed by atoms with E-state index in [9.17, 15) is 9.18 Å². The second-order valence-electron chi connectivity index (χ2n) is 3.60. The van der Waals surface area contributed by atoms with Crippen LogP contribution in [-0.2, 0) is 9.47 Å². The molecule has 17 heavy (non-hydrogen) atoms. The van der Waals surface area contributed by atoms with Gasteiger partial charge in [-0.2, -0.15) is 0 Å². The number of hydrogen-bond acceptors (Lipinski definition) is 3. The van der Waals surface area contributed by atoms with E-state index in [1.165, 1.54) is 18.2 Å². The Kier molecular flexibility index (Phi) is 6.43. The molecule has 0 atom stereocenters. The first-order chi connectivity index (χ1) is 8.24. The van der Waals surface area contributed by atoms with Crippen LogP contribution in [0.2, 0.25) is 0 Å². The number of rotatable bonds is 8. The lowest BCUT2D eigenvalue weighted by molar-refractivity contribution is 0.0441. The highest BCUT2D eigenvalue weighted by atomic mass is 19.1. The molecule has 0 aliphatic carbocycles. The van der Waals surface area contributed by atoms with Crippen LogP contribution in [-0.4, -0.2) is 32.2 Å². The van der Waals surface area contributed by atoms with Gasteiger partial charge in [0.25, 0.3) is 0 Å². The van der Waals surface area contributed by atoms with Crippen molar-refractivity contribution in [3.05, 3.63) is 35.6 Å². The first kappa shape index (κ1) is 13.8. The van der Waals surface area contributed by atoms with E-state index >= 15 is 0 Å². The van der Waals surface area contributed by atoms with Crippen LogP contribution in [0.15, 0.2) is 24.3 Å². The van der Waals surface area contributed by atoms with E-state index in [2.05, 4.69) is 0 Å². The maximum atomic E-state index is 12.8. The smallest absolute Gasteiger partial charge is 0.188 e. The Bertz CT molecular complexity index is 352. The monoisotopic (exact) mass is 240 g/mol. The fourth-order valence-corrected chi connectivity index (χ4v) is 1.27. The Balaban J connectivity index is 2.21. The summed E-state index contributed by atoms with van der Waals surface area (Å²) in [7, 11) is 0. The number of benzene rings is 1. The van der Waals surface area contributed by atoms with Gasteiger partial charge in [-0.15, -0.1) is 0 Å². The van der Waals surface area contributed by atoms with Crippen molar-refractivity contribution in [3.63, 3.8) is 0 Å². The van der Waals surface area contributed by atoms with Gasteiger partial charge in [-0.05, 0) is 18.6 Å². The third kappa shape index (κ3) is 5.56. The van der Waals surface area contributed by atoms with Gasteiger partial charge in [-0.3, -0.25) is 4.79 Å². The van der Waals surface area contributed by atoms with E-state index in [1.54, 1.807) is 6.07 Å². The third-order valence-corrected chi connectivity index (χ3v) is 2.10. The number of Topliss-reactive ketones (excluding diaryl/α,β-unsaturated/α-hetero) is 1. The van der Waals surface area contributed by atoms with Crippen LogP contribution in [0.25, 0.3) is 0 Å². The Morgan fingerprint density at radius 2 is 2.00 bits per heavy atom. The standard InChI is InChI=1S/C13H17FO3/c1-2-6-16-7-8-17-10-13(15)11-4-3-5-12(14)9-11/h3-5,9H,2,6-8,10H2,1H3. The zero-order valence-electron chi connectivity index (χ0n) is 9.95. The van der Waals surface area contributed by atoms with E-state index < -0.39 is 5.82 Å². The molecule has 0 aliphatic rings. The molecule has 0 fully saturated rings. The SMILES string of the molecule is CCCOCCOCC(=O)c1cccc(F)c1. The maximum absolute atomic E-state index is 12.8. The van der Waals surface area contributed by atoms with E-state index in [0.29, 0.717) is 25.4 Å². The fourth-order valence-electron chi connectivity index (χ4n) is 1.27. The predicted octanol–water partition coefficient (Wildman–Crippen LogP) is 2.45. The van der Waals surface area contributed by atoms with Crippen molar-refractivity contribution in [1.82, 2.24) is 0 Å². The zero-order chi connectivity index (χ0) is 12.5. The number of carbonyl (C=O) groups excluding carboxylic acids is 1. The lowest BCUT2D eigenvalue weighted by Crippen LogP contribution is -2.13. The predicted molar refractivity (Wildman–Crippen MR) is 62.7 cm³/mol. The van der Waals surface area contributed by atoms with Gasteiger partial charge in [0.1, 0.15) is 12.4 Å². The van der Waals surface area contributed by atoms with Crippen LogP contribution in [0.4, 0.5) is 4.39 Å². The molecule has 0 aliphatic heterocycles. The normalized spacial score (nSPS) is 10.5. The maximum Gasteiger partial charge on any atom is 0.188 e. The number of ether oxygens (including phenoxy) is 2. The summed E-state index contributed by atoms with van der Waals surface area (Å²) in [6, 6.07) is 5.59. The summed E-state index contributed by atoms with van der Waals surface area (Å²) in [6.07, 6.45) is 0.961. The Hall–Kier alpha value is -1.26. The first-order valence-electron chi connectivity index (χ1n) is 5.68. The van der Waals surface area contributed by atoms with Gasteiger partial charge < -0.3 is 9.47 Å². The van der Waals surface area contributed by atoms with Crippen LogP contribution in [0.5, 0.6) is 0 Å². The molecule has 1 rings (SSSR count). The van der Waals surface area contributed by atoms with Crippen molar-refractivity contribution < 1.29 is 18.7 Å². The minimum atomic E-state index is -0.415. The number of halogens is 1. The quantitative estimate of drug-likeness (QED) is 0.517. The third-order valence-electron chi connectivity index (χ3n) is 2.10. The lowest BCUT2D eigenvalue weighted by Gasteiger charge is -2.04. The topological polar surface area (TPSA) is 35.5 Å². The molecule has 0 radical (unpaired) electrons. The highest BCUT2D eigenvalue weighted by Gasteiger charge is 2.06. The second-order valence-corrected chi connectivity index (χ2v) is 3.60. The van der Waals surface area contributed by atoms with E-state index in [-0.39, 0.29) is 12.4 Å². The summed E-state index contributed by atoms with van der Waals surface area (Å²) in [5.41, 5.74) is 0.333. The second kappa shape index (κ2) is 7.92.